The number of pyridine rings is 1. The molecule has 0 bridgehead atoms. The summed E-state index contributed by atoms with van der Waals surface area (Å²) in [4.78, 5) is 16.6. The van der Waals surface area contributed by atoms with Crippen LogP contribution in [0.1, 0.15) is 6.92 Å². The fraction of sp³-hybridized carbons (Fsp3) is 0.143. The van der Waals surface area contributed by atoms with Gasteiger partial charge in [0.25, 0.3) is 0 Å². The Morgan fingerprint density at radius 3 is 2.90 bits per heavy atom. The predicted octanol–water partition coefficient (Wildman–Crippen LogP) is 2.07. The van der Waals surface area contributed by atoms with E-state index < -0.39 is 0 Å². The highest BCUT2D eigenvalue weighted by Crippen LogP contribution is 2.22. The SMILES string of the molecule is CCOc1nc(N)nc(-c2ccc3cccnc3c2)n1. The molecule has 100 valence electrons. The summed E-state index contributed by atoms with van der Waals surface area (Å²) in [7, 11) is 0. The van der Waals surface area contributed by atoms with Gasteiger partial charge in [0.15, 0.2) is 5.82 Å². The number of benzene rings is 1. The van der Waals surface area contributed by atoms with Crippen molar-refractivity contribution in [3.63, 3.8) is 0 Å². The standard InChI is InChI=1S/C14H13N5O/c1-2-20-14-18-12(17-13(15)19-14)10-6-5-9-4-3-7-16-11(9)8-10/h3-8H,2H2,1H3,(H2,15,17,18,19). The fourth-order valence-electron chi connectivity index (χ4n) is 1.90. The topological polar surface area (TPSA) is 86.8 Å². The lowest BCUT2D eigenvalue weighted by Crippen LogP contribution is -2.04. The molecule has 20 heavy (non-hydrogen) atoms. The van der Waals surface area contributed by atoms with E-state index in [1.165, 1.54) is 0 Å². The number of ether oxygens (including phenoxy) is 1. The highest BCUT2D eigenvalue weighted by molar-refractivity contribution is 5.82. The Bertz CT molecular complexity index is 759. The third-order valence-corrected chi connectivity index (χ3v) is 2.77. The van der Waals surface area contributed by atoms with Crippen LogP contribution in [0.4, 0.5) is 5.95 Å². The van der Waals surface area contributed by atoms with E-state index in [1.807, 2.05) is 37.3 Å². The molecular formula is C14H13N5O. The van der Waals surface area contributed by atoms with Crippen LogP contribution in [0.3, 0.4) is 0 Å². The van der Waals surface area contributed by atoms with E-state index in [1.54, 1.807) is 6.20 Å². The van der Waals surface area contributed by atoms with Crippen LogP contribution in [-0.2, 0) is 0 Å². The Hall–Kier alpha value is -2.76. The minimum atomic E-state index is 0.138. The van der Waals surface area contributed by atoms with Crippen molar-refractivity contribution >= 4 is 16.9 Å². The molecule has 2 aromatic heterocycles. The molecule has 0 fully saturated rings. The highest BCUT2D eigenvalue weighted by Gasteiger charge is 2.08. The van der Waals surface area contributed by atoms with Gasteiger partial charge in [0.05, 0.1) is 12.1 Å². The Kier molecular flexibility index (Phi) is 3.12. The van der Waals surface area contributed by atoms with Gasteiger partial charge in [-0.25, -0.2) is 0 Å². The van der Waals surface area contributed by atoms with Crippen molar-refractivity contribution < 1.29 is 4.74 Å². The van der Waals surface area contributed by atoms with Crippen LogP contribution < -0.4 is 10.5 Å². The highest BCUT2D eigenvalue weighted by atomic mass is 16.5. The first-order valence-corrected chi connectivity index (χ1v) is 6.26. The maximum Gasteiger partial charge on any atom is 0.321 e. The van der Waals surface area contributed by atoms with Gasteiger partial charge in [-0.1, -0.05) is 18.2 Å². The maximum absolute atomic E-state index is 5.68. The summed E-state index contributed by atoms with van der Waals surface area (Å²) < 4.78 is 5.28. The molecule has 0 aliphatic carbocycles. The molecule has 1 aromatic carbocycles. The molecule has 6 nitrogen and oxygen atoms in total. The van der Waals surface area contributed by atoms with Gasteiger partial charge in [0.1, 0.15) is 0 Å². The molecule has 3 rings (SSSR count). The first-order valence-electron chi connectivity index (χ1n) is 6.26. The van der Waals surface area contributed by atoms with E-state index in [4.69, 9.17) is 10.5 Å². The van der Waals surface area contributed by atoms with Crippen LogP contribution in [0.2, 0.25) is 0 Å². The molecule has 6 heteroatoms. The molecule has 0 aliphatic heterocycles. The van der Waals surface area contributed by atoms with Crippen LogP contribution in [-0.4, -0.2) is 26.5 Å². The van der Waals surface area contributed by atoms with E-state index in [0.717, 1.165) is 16.5 Å². The third kappa shape index (κ3) is 2.35. The average Bonchev–Trinajstić information content (AvgIpc) is 2.46. The Labute approximate surface area is 115 Å². The van der Waals surface area contributed by atoms with Crippen LogP contribution >= 0.6 is 0 Å². The monoisotopic (exact) mass is 267 g/mol. The minimum Gasteiger partial charge on any atom is -0.464 e. The molecule has 2 N–H and O–H groups in total. The first-order chi connectivity index (χ1) is 9.76. The van der Waals surface area contributed by atoms with Crippen molar-refractivity contribution in [1.29, 1.82) is 0 Å². The quantitative estimate of drug-likeness (QED) is 0.781. The fourth-order valence-corrected chi connectivity index (χ4v) is 1.90. The zero-order chi connectivity index (χ0) is 13.9. The summed E-state index contributed by atoms with van der Waals surface area (Å²) in [5.74, 6) is 0.619. The predicted molar refractivity (Wildman–Crippen MR) is 76.1 cm³/mol. The lowest BCUT2D eigenvalue weighted by molar-refractivity contribution is 0.312. The number of rotatable bonds is 3. The largest absolute Gasteiger partial charge is 0.464 e. The smallest absolute Gasteiger partial charge is 0.321 e. The van der Waals surface area contributed by atoms with Gasteiger partial charge in [-0.05, 0) is 19.1 Å². The molecule has 0 unspecified atom stereocenters. The second-order valence-corrected chi connectivity index (χ2v) is 4.14. The molecule has 0 spiro atoms. The Morgan fingerprint density at radius 2 is 2.05 bits per heavy atom. The lowest BCUT2D eigenvalue weighted by atomic mass is 10.1. The molecule has 0 saturated carbocycles. The van der Waals surface area contributed by atoms with Crippen molar-refractivity contribution in [2.45, 2.75) is 6.92 Å². The third-order valence-electron chi connectivity index (χ3n) is 2.77. The molecular weight excluding hydrogens is 254 g/mol. The van der Waals surface area contributed by atoms with E-state index in [-0.39, 0.29) is 12.0 Å². The summed E-state index contributed by atoms with van der Waals surface area (Å²) in [6.45, 7) is 2.34. The number of hydrogen-bond acceptors (Lipinski definition) is 6. The summed E-state index contributed by atoms with van der Waals surface area (Å²) in [6.07, 6.45) is 1.75. The van der Waals surface area contributed by atoms with Crippen LogP contribution in [0.25, 0.3) is 22.3 Å². The number of anilines is 1. The summed E-state index contributed by atoms with van der Waals surface area (Å²) in [5, 5.41) is 1.06. The lowest BCUT2D eigenvalue weighted by Gasteiger charge is -2.05. The van der Waals surface area contributed by atoms with Gasteiger partial charge in [0.2, 0.25) is 5.95 Å². The number of nitrogens with zero attached hydrogens (tertiary/aromatic N) is 4. The number of fused-ring (bicyclic) bond motifs is 1. The zero-order valence-corrected chi connectivity index (χ0v) is 10.9. The van der Waals surface area contributed by atoms with E-state index >= 15 is 0 Å². The van der Waals surface area contributed by atoms with Gasteiger partial charge < -0.3 is 10.5 Å². The van der Waals surface area contributed by atoms with Crippen molar-refractivity contribution in [1.82, 2.24) is 19.9 Å². The Balaban J connectivity index is 2.10. The molecule has 0 radical (unpaired) electrons. The number of nitrogen functional groups attached to an aromatic ring is 1. The molecule has 0 aliphatic rings. The normalized spacial score (nSPS) is 10.7. The van der Waals surface area contributed by atoms with Crippen LogP contribution in [0.5, 0.6) is 6.01 Å². The van der Waals surface area contributed by atoms with E-state index in [2.05, 4.69) is 19.9 Å². The minimum absolute atomic E-state index is 0.138. The zero-order valence-electron chi connectivity index (χ0n) is 10.9. The average molecular weight is 267 g/mol. The van der Waals surface area contributed by atoms with Crippen molar-refractivity contribution in [2.24, 2.45) is 0 Å². The molecule has 0 saturated heterocycles. The molecule has 3 aromatic rings. The molecule has 2 heterocycles. The summed E-state index contributed by atoms with van der Waals surface area (Å²) >= 11 is 0. The van der Waals surface area contributed by atoms with Crippen LogP contribution in [0.15, 0.2) is 36.5 Å². The van der Waals surface area contributed by atoms with E-state index in [9.17, 15) is 0 Å². The van der Waals surface area contributed by atoms with Crippen molar-refractivity contribution in [2.75, 3.05) is 12.3 Å². The number of nitrogens with two attached hydrogens (primary N) is 1. The van der Waals surface area contributed by atoms with Crippen molar-refractivity contribution in [3.8, 4) is 17.4 Å². The van der Waals surface area contributed by atoms with Gasteiger partial charge in [-0.3, -0.25) is 4.98 Å². The Morgan fingerprint density at radius 1 is 1.15 bits per heavy atom. The first kappa shape index (κ1) is 12.3. The summed E-state index contributed by atoms with van der Waals surface area (Å²) in [5.41, 5.74) is 7.38. The van der Waals surface area contributed by atoms with Gasteiger partial charge in [0, 0.05) is 17.1 Å². The number of hydrogen-bond donors (Lipinski definition) is 1. The van der Waals surface area contributed by atoms with Gasteiger partial charge >= 0.3 is 6.01 Å². The van der Waals surface area contributed by atoms with Crippen LogP contribution in [0, 0.1) is 0 Å². The second-order valence-electron chi connectivity index (χ2n) is 4.14. The second kappa shape index (κ2) is 5.08. The van der Waals surface area contributed by atoms with E-state index in [0.29, 0.717) is 12.4 Å². The number of aromatic nitrogens is 4. The maximum atomic E-state index is 5.68. The van der Waals surface area contributed by atoms with Gasteiger partial charge in [-0.15, -0.1) is 0 Å². The molecule has 0 atom stereocenters. The molecule has 0 amide bonds. The summed E-state index contributed by atoms with van der Waals surface area (Å²) in [6, 6.07) is 9.94. The van der Waals surface area contributed by atoms with Crippen molar-refractivity contribution in [3.05, 3.63) is 36.5 Å². The van der Waals surface area contributed by atoms with Gasteiger partial charge in [-0.2, -0.15) is 15.0 Å².